The van der Waals surface area contributed by atoms with Crippen LogP contribution in [0.15, 0.2) is 40.1 Å². The molecule has 3 aromatic rings. The molecule has 1 aliphatic rings. The van der Waals surface area contributed by atoms with Gasteiger partial charge < -0.3 is 39.0 Å². The maximum atomic E-state index is 13.5. The van der Waals surface area contributed by atoms with Crippen LogP contribution in [0, 0.1) is 47.5 Å². The quantitative estimate of drug-likeness (QED) is 0.159. The van der Waals surface area contributed by atoms with E-state index in [0.717, 1.165) is 0 Å². The molecule has 3 N–H and O–H groups in total. The van der Waals surface area contributed by atoms with Crippen molar-refractivity contribution in [3.8, 4) is 34.5 Å². The number of allylic oxidation sites excluding steroid dienone is 2. The summed E-state index contributed by atoms with van der Waals surface area (Å²) in [5, 5.41) is 31.8. The van der Waals surface area contributed by atoms with Crippen molar-refractivity contribution in [3.05, 3.63) is 90.2 Å². The average molecular weight is 768 g/mol. The van der Waals surface area contributed by atoms with E-state index < -0.39 is 41.3 Å². The second kappa shape index (κ2) is 14.7. The Morgan fingerprint density at radius 1 is 0.667 bits per heavy atom. The number of ether oxygens (including phenoxy) is 5. The topological polar surface area (TPSA) is 192 Å². The lowest BCUT2D eigenvalue weighted by molar-refractivity contribution is -0.137. The number of rotatable bonds is 9. The van der Waals surface area contributed by atoms with Gasteiger partial charge in [-0.1, -0.05) is 0 Å². The van der Waals surface area contributed by atoms with Gasteiger partial charge in [0.15, 0.2) is 11.5 Å². The molecule has 0 saturated carbocycles. The van der Waals surface area contributed by atoms with Crippen LogP contribution in [0.3, 0.4) is 0 Å². The van der Waals surface area contributed by atoms with Crippen molar-refractivity contribution in [2.45, 2.75) is 48.5 Å². The minimum Gasteiger partial charge on any atom is -0.507 e. The molecule has 14 heteroatoms. The average Bonchev–Trinajstić information content (AvgIpc) is 3.05. The number of carbonyl (C=O) groups is 5. The standard InChI is InChI=1S/C37H35BrO13/c1-14-10-21(39)12-24(47-8)26(14)35(44)51-33-20(7)32(41)29(19(6)30(33)38)37(46)49-22-11-15(2)27(31(40)18(22)5)36(45)50-23-13-25(48-9)28(34(42)43)17(4)16(23)3/h10-13,26,40-41H,1-9H3,(H,42,43). The second-order valence-electron chi connectivity index (χ2n) is 11.8. The van der Waals surface area contributed by atoms with Crippen LogP contribution < -0.4 is 18.9 Å². The summed E-state index contributed by atoms with van der Waals surface area (Å²) >= 11 is 3.36. The van der Waals surface area contributed by atoms with Crippen molar-refractivity contribution >= 4 is 45.6 Å². The Hall–Kier alpha value is -5.63. The van der Waals surface area contributed by atoms with Crippen molar-refractivity contribution in [2.75, 3.05) is 14.2 Å². The summed E-state index contributed by atoms with van der Waals surface area (Å²) in [4.78, 5) is 63.8. The van der Waals surface area contributed by atoms with Crippen molar-refractivity contribution in [3.63, 3.8) is 0 Å². The van der Waals surface area contributed by atoms with Gasteiger partial charge in [-0.2, -0.15) is 0 Å². The first-order valence-electron chi connectivity index (χ1n) is 15.3. The minimum absolute atomic E-state index is 0.00230. The lowest BCUT2D eigenvalue weighted by Gasteiger charge is -2.23. The van der Waals surface area contributed by atoms with Crippen LogP contribution in [0.1, 0.15) is 71.4 Å². The normalized spacial score (nSPS) is 13.9. The number of phenols is 2. The number of esters is 3. The molecule has 0 heterocycles. The fourth-order valence-corrected chi connectivity index (χ4v) is 6.22. The Balaban J connectivity index is 1.63. The minimum atomic E-state index is -1.22. The largest absolute Gasteiger partial charge is 0.507 e. The van der Waals surface area contributed by atoms with Crippen molar-refractivity contribution in [1.82, 2.24) is 0 Å². The summed E-state index contributed by atoms with van der Waals surface area (Å²) < 4.78 is 27.4. The number of carboxylic acids is 1. The maximum Gasteiger partial charge on any atom is 0.347 e. The number of ketones is 1. The van der Waals surface area contributed by atoms with Crippen molar-refractivity contribution < 1.29 is 63.0 Å². The number of aryl methyl sites for hydroxylation is 1. The van der Waals surface area contributed by atoms with Crippen LogP contribution in [0.5, 0.6) is 34.5 Å². The summed E-state index contributed by atoms with van der Waals surface area (Å²) in [6.45, 7) is 10.5. The number of aromatic hydroxyl groups is 2. The van der Waals surface area contributed by atoms with Crippen LogP contribution >= 0.6 is 15.9 Å². The van der Waals surface area contributed by atoms with E-state index in [4.69, 9.17) is 23.7 Å². The molecule has 1 unspecified atom stereocenters. The van der Waals surface area contributed by atoms with Crippen molar-refractivity contribution in [1.29, 1.82) is 0 Å². The molecule has 1 atom stereocenters. The smallest absolute Gasteiger partial charge is 0.347 e. The predicted octanol–water partition coefficient (Wildman–Crippen LogP) is 6.44. The Morgan fingerprint density at radius 3 is 1.80 bits per heavy atom. The Bertz CT molecular complexity index is 2080. The zero-order chi connectivity index (χ0) is 38.2. The molecule has 1 aliphatic carbocycles. The van der Waals surface area contributed by atoms with Crippen LogP contribution in [-0.4, -0.2) is 59.2 Å². The fourth-order valence-electron chi connectivity index (χ4n) is 5.65. The van der Waals surface area contributed by atoms with Crippen molar-refractivity contribution in [2.24, 2.45) is 5.92 Å². The number of benzene rings is 3. The van der Waals surface area contributed by atoms with E-state index in [1.165, 1.54) is 66.2 Å². The summed E-state index contributed by atoms with van der Waals surface area (Å²) in [6.07, 6.45) is 2.47. The second-order valence-corrected chi connectivity index (χ2v) is 12.6. The number of hydrogen-bond donors (Lipinski definition) is 3. The van der Waals surface area contributed by atoms with E-state index in [2.05, 4.69) is 15.9 Å². The molecule has 0 saturated heterocycles. The van der Waals surface area contributed by atoms with Gasteiger partial charge in [-0.3, -0.25) is 9.59 Å². The van der Waals surface area contributed by atoms with Gasteiger partial charge in [-0.05, 0) is 104 Å². The molecule has 0 amide bonds. The number of phenolic OH excluding ortho intramolecular Hbond substituents is 2. The molecule has 0 aromatic heterocycles. The van der Waals surface area contributed by atoms with E-state index in [-0.39, 0.29) is 78.0 Å². The van der Waals surface area contributed by atoms with Crippen LogP contribution in [0.4, 0.5) is 0 Å². The van der Waals surface area contributed by atoms with Gasteiger partial charge in [0.2, 0.25) is 0 Å². The number of hydrogen-bond acceptors (Lipinski definition) is 12. The monoisotopic (exact) mass is 766 g/mol. The number of aromatic carboxylic acids is 1. The van der Waals surface area contributed by atoms with E-state index in [0.29, 0.717) is 16.7 Å². The first-order chi connectivity index (χ1) is 23.9. The Morgan fingerprint density at radius 2 is 1.24 bits per heavy atom. The van der Waals surface area contributed by atoms with Gasteiger partial charge in [-0.25, -0.2) is 14.4 Å². The molecule has 268 valence electrons. The van der Waals surface area contributed by atoms with Gasteiger partial charge >= 0.3 is 23.9 Å². The third kappa shape index (κ3) is 7.04. The Kier molecular flexibility index (Phi) is 11.0. The number of halogens is 1. The predicted molar refractivity (Wildman–Crippen MR) is 185 cm³/mol. The van der Waals surface area contributed by atoms with Gasteiger partial charge in [0, 0.05) is 23.3 Å². The van der Waals surface area contributed by atoms with E-state index in [1.807, 2.05) is 0 Å². The third-order valence-corrected chi connectivity index (χ3v) is 9.63. The highest BCUT2D eigenvalue weighted by molar-refractivity contribution is 9.10. The fraction of sp³-hybridized carbons (Fsp3) is 0.270. The first kappa shape index (κ1) is 38.2. The number of methoxy groups -OCH3 is 2. The van der Waals surface area contributed by atoms with Crippen LogP contribution in [0.2, 0.25) is 0 Å². The molecule has 51 heavy (non-hydrogen) atoms. The first-order valence-corrected chi connectivity index (χ1v) is 16.0. The van der Waals surface area contributed by atoms with Gasteiger partial charge in [0.1, 0.15) is 57.1 Å². The molecule has 0 radical (unpaired) electrons. The maximum absolute atomic E-state index is 13.5. The molecule has 13 nitrogen and oxygen atoms in total. The number of carbonyl (C=O) groups excluding carboxylic acids is 4. The van der Waals surface area contributed by atoms with Gasteiger partial charge in [-0.15, -0.1) is 0 Å². The third-order valence-electron chi connectivity index (χ3n) is 8.67. The highest BCUT2D eigenvalue weighted by Crippen LogP contribution is 2.43. The molecule has 0 aliphatic heterocycles. The van der Waals surface area contributed by atoms with E-state index in [1.54, 1.807) is 20.8 Å². The van der Waals surface area contributed by atoms with Crippen LogP contribution in [-0.2, 0) is 14.3 Å². The van der Waals surface area contributed by atoms with Gasteiger partial charge in [0.05, 0.1) is 18.7 Å². The lowest BCUT2D eigenvalue weighted by Crippen LogP contribution is -2.27. The van der Waals surface area contributed by atoms with E-state index in [9.17, 15) is 39.3 Å². The highest BCUT2D eigenvalue weighted by atomic mass is 79.9. The van der Waals surface area contributed by atoms with Crippen LogP contribution in [0.25, 0.3) is 0 Å². The molecule has 3 aromatic carbocycles. The molecular weight excluding hydrogens is 732 g/mol. The summed E-state index contributed by atoms with van der Waals surface area (Å²) in [5.74, 6) is -6.52. The molecular formula is C37H35BrO13. The SMILES string of the molecule is COC1=CC(=O)C=C(C)C1C(=O)Oc1c(C)c(O)c(C(=O)Oc2cc(C)c(C(=O)Oc3cc(OC)c(C(=O)O)c(C)c3C)c(O)c2C)c(C)c1Br. The molecule has 0 spiro atoms. The number of carboxylic acid groups (broad SMARTS) is 1. The summed E-state index contributed by atoms with van der Waals surface area (Å²) in [7, 11) is 2.60. The highest BCUT2D eigenvalue weighted by Gasteiger charge is 2.34. The zero-order valence-electron chi connectivity index (χ0n) is 29.2. The lowest BCUT2D eigenvalue weighted by atomic mass is 9.92. The van der Waals surface area contributed by atoms with E-state index >= 15 is 0 Å². The zero-order valence-corrected chi connectivity index (χ0v) is 30.8. The molecule has 0 bridgehead atoms. The molecule has 4 rings (SSSR count). The van der Waals surface area contributed by atoms with Gasteiger partial charge in [0.25, 0.3) is 0 Å². The summed E-state index contributed by atoms with van der Waals surface area (Å²) in [6, 6.07) is 2.61. The molecule has 0 fully saturated rings. The Labute approximate surface area is 301 Å². The summed E-state index contributed by atoms with van der Waals surface area (Å²) in [5.41, 5.74) is 0.871.